The summed E-state index contributed by atoms with van der Waals surface area (Å²) in [5.41, 5.74) is 4.74. The number of carbonyl (C=O) groups is 1. The fourth-order valence-electron chi connectivity index (χ4n) is 4.20. The first-order valence-electron chi connectivity index (χ1n) is 8.71. The zero-order valence-electron chi connectivity index (χ0n) is 14.3. The first-order chi connectivity index (χ1) is 12.8. The predicted molar refractivity (Wildman–Crippen MR) is 93.7 cm³/mol. The van der Waals surface area contributed by atoms with Gasteiger partial charge in [-0.25, -0.2) is 4.68 Å². The molecule has 0 bridgehead atoms. The topological polar surface area (TPSA) is 64.2 Å². The molecule has 2 aromatic rings. The lowest BCUT2D eigenvalue weighted by molar-refractivity contribution is -0.143. The van der Waals surface area contributed by atoms with Crippen molar-refractivity contribution in [3.63, 3.8) is 0 Å². The van der Waals surface area contributed by atoms with Crippen molar-refractivity contribution in [3.8, 4) is 5.69 Å². The number of aromatic nitrogens is 2. The monoisotopic (exact) mass is 398 g/mol. The summed E-state index contributed by atoms with van der Waals surface area (Å²) in [5.74, 6) is -0.219. The lowest BCUT2D eigenvalue weighted by Crippen LogP contribution is -2.34. The third kappa shape index (κ3) is 3.21. The van der Waals surface area contributed by atoms with Crippen LogP contribution in [-0.2, 0) is 6.18 Å². The Bertz CT molecular complexity index is 864. The van der Waals surface area contributed by atoms with Crippen LogP contribution < -0.4 is 5.73 Å². The van der Waals surface area contributed by atoms with E-state index < -0.39 is 23.3 Å². The van der Waals surface area contributed by atoms with Crippen LogP contribution in [0.2, 0.25) is 5.02 Å². The smallest absolute Gasteiger partial charge is 0.338 e. The van der Waals surface area contributed by atoms with Crippen LogP contribution in [0, 0.1) is 11.8 Å². The molecule has 1 saturated carbocycles. The molecule has 0 spiro atoms. The molecule has 2 fully saturated rings. The molecule has 2 aliphatic rings. The van der Waals surface area contributed by atoms with Gasteiger partial charge in [-0.2, -0.15) is 18.3 Å². The van der Waals surface area contributed by atoms with Crippen LogP contribution in [0.1, 0.15) is 28.9 Å². The highest BCUT2D eigenvalue weighted by atomic mass is 35.5. The van der Waals surface area contributed by atoms with E-state index in [0.29, 0.717) is 18.1 Å². The number of likely N-dealkylation sites (tertiary alicyclic amines) is 1. The van der Waals surface area contributed by atoms with E-state index in [9.17, 15) is 18.0 Å². The van der Waals surface area contributed by atoms with Crippen molar-refractivity contribution in [3.05, 3.63) is 46.7 Å². The summed E-state index contributed by atoms with van der Waals surface area (Å²) in [5, 5.41) is 4.24. The molecule has 3 atom stereocenters. The van der Waals surface area contributed by atoms with E-state index in [0.717, 1.165) is 23.7 Å². The summed E-state index contributed by atoms with van der Waals surface area (Å²) in [7, 11) is 0. The number of hydrogen-bond acceptors (Lipinski definition) is 3. The Labute approximate surface area is 158 Å². The third-order valence-corrected chi connectivity index (χ3v) is 5.79. The van der Waals surface area contributed by atoms with Crippen LogP contribution in [0.25, 0.3) is 5.69 Å². The van der Waals surface area contributed by atoms with Gasteiger partial charge < -0.3 is 10.6 Å². The summed E-state index contributed by atoms with van der Waals surface area (Å²) >= 11 is 5.81. The Balaban J connectivity index is 1.69. The van der Waals surface area contributed by atoms with Crippen LogP contribution in [0.3, 0.4) is 0 Å². The molecule has 3 unspecified atom stereocenters. The minimum Gasteiger partial charge on any atom is -0.338 e. The molecular formula is C18H18ClF3N4O. The number of alkyl halides is 3. The van der Waals surface area contributed by atoms with E-state index in [2.05, 4.69) is 5.10 Å². The Morgan fingerprint density at radius 3 is 2.52 bits per heavy atom. The summed E-state index contributed by atoms with van der Waals surface area (Å²) in [6, 6.07) is 5.81. The molecule has 1 aromatic heterocycles. The van der Waals surface area contributed by atoms with E-state index in [1.165, 1.54) is 29.2 Å². The minimum absolute atomic E-state index is 0.00618. The van der Waals surface area contributed by atoms with Gasteiger partial charge >= 0.3 is 6.18 Å². The van der Waals surface area contributed by atoms with E-state index in [1.807, 2.05) is 0 Å². The maximum atomic E-state index is 13.8. The average Bonchev–Trinajstić information content (AvgIpc) is 3.30. The molecule has 0 radical (unpaired) electrons. The molecule has 9 heteroatoms. The number of benzene rings is 1. The molecular weight excluding hydrogens is 381 g/mol. The fourth-order valence-corrected chi connectivity index (χ4v) is 4.33. The maximum absolute atomic E-state index is 13.8. The Hall–Kier alpha value is -2.06. The molecule has 4 rings (SSSR count). The molecule has 1 amide bonds. The van der Waals surface area contributed by atoms with Crippen molar-refractivity contribution in [2.75, 3.05) is 13.1 Å². The predicted octanol–water partition coefficient (Wildman–Crippen LogP) is 3.35. The lowest BCUT2D eigenvalue weighted by atomic mass is 9.98. The van der Waals surface area contributed by atoms with Crippen LogP contribution >= 0.6 is 11.6 Å². The standard InChI is InChI=1S/C18H18ClF3N4O/c19-11-2-4-12(5-3-11)26-16(18(20,21)22)13(7-24-26)17(27)25-8-10-1-6-15(23)14(10)9-25/h2-5,7,10,14-15H,1,6,8-9,23H2. The van der Waals surface area contributed by atoms with Gasteiger partial charge in [0, 0.05) is 24.2 Å². The van der Waals surface area contributed by atoms with Gasteiger partial charge in [-0.3, -0.25) is 4.79 Å². The second-order valence-corrected chi connectivity index (χ2v) is 7.60. The molecule has 1 aliphatic heterocycles. The number of halogens is 4. The zero-order valence-corrected chi connectivity index (χ0v) is 15.0. The SMILES string of the molecule is NC1CCC2CN(C(=O)c3cnn(-c4ccc(Cl)cc4)c3C(F)(F)F)CC12. The zero-order chi connectivity index (χ0) is 19.3. The number of hydrogen-bond donors (Lipinski definition) is 1. The van der Waals surface area contributed by atoms with Gasteiger partial charge in [-0.1, -0.05) is 11.6 Å². The van der Waals surface area contributed by atoms with Gasteiger partial charge in [-0.05, 0) is 48.9 Å². The van der Waals surface area contributed by atoms with E-state index in [1.54, 1.807) is 0 Å². The largest absolute Gasteiger partial charge is 0.434 e. The first kappa shape index (κ1) is 18.3. The van der Waals surface area contributed by atoms with Crippen LogP contribution in [0.15, 0.2) is 30.5 Å². The summed E-state index contributed by atoms with van der Waals surface area (Å²) in [6.07, 6.45) is -1.92. The van der Waals surface area contributed by atoms with Crippen molar-refractivity contribution in [1.29, 1.82) is 0 Å². The van der Waals surface area contributed by atoms with Gasteiger partial charge in [-0.15, -0.1) is 0 Å². The van der Waals surface area contributed by atoms with Crippen molar-refractivity contribution in [1.82, 2.24) is 14.7 Å². The lowest BCUT2D eigenvalue weighted by Gasteiger charge is -2.20. The molecule has 2 heterocycles. The van der Waals surface area contributed by atoms with Crippen LogP contribution in [0.5, 0.6) is 0 Å². The maximum Gasteiger partial charge on any atom is 0.434 e. The summed E-state index contributed by atoms with van der Waals surface area (Å²) in [4.78, 5) is 14.3. The quantitative estimate of drug-likeness (QED) is 0.843. The molecule has 27 heavy (non-hydrogen) atoms. The highest BCUT2D eigenvalue weighted by Gasteiger charge is 2.46. The second-order valence-electron chi connectivity index (χ2n) is 7.17. The third-order valence-electron chi connectivity index (χ3n) is 5.54. The first-order valence-corrected chi connectivity index (χ1v) is 9.09. The van der Waals surface area contributed by atoms with Crippen LogP contribution in [-0.4, -0.2) is 39.7 Å². The Kier molecular flexibility index (Phi) is 4.43. The van der Waals surface area contributed by atoms with E-state index in [-0.39, 0.29) is 23.6 Å². The summed E-state index contributed by atoms with van der Waals surface area (Å²) in [6.45, 7) is 0.842. The molecule has 2 N–H and O–H groups in total. The highest BCUT2D eigenvalue weighted by Crippen LogP contribution is 2.39. The molecule has 1 aliphatic carbocycles. The number of fused-ring (bicyclic) bond motifs is 1. The van der Waals surface area contributed by atoms with Gasteiger partial charge in [0.25, 0.3) is 5.91 Å². The number of carbonyl (C=O) groups excluding carboxylic acids is 1. The number of nitrogens with two attached hydrogens (primary N) is 1. The molecule has 1 saturated heterocycles. The van der Waals surface area contributed by atoms with Crippen LogP contribution in [0.4, 0.5) is 13.2 Å². The van der Waals surface area contributed by atoms with Gasteiger partial charge in [0.15, 0.2) is 5.69 Å². The van der Waals surface area contributed by atoms with Gasteiger partial charge in [0.2, 0.25) is 0 Å². The molecule has 144 valence electrons. The normalized spacial score (nSPS) is 25.1. The van der Waals surface area contributed by atoms with Crippen molar-refractivity contribution < 1.29 is 18.0 Å². The van der Waals surface area contributed by atoms with Crippen molar-refractivity contribution in [2.24, 2.45) is 17.6 Å². The molecule has 5 nitrogen and oxygen atoms in total. The van der Waals surface area contributed by atoms with Crippen molar-refractivity contribution >= 4 is 17.5 Å². The second kappa shape index (κ2) is 6.53. The highest BCUT2D eigenvalue weighted by molar-refractivity contribution is 6.30. The van der Waals surface area contributed by atoms with E-state index in [4.69, 9.17) is 17.3 Å². The number of rotatable bonds is 2. The minimum atomic E-state index is -4.73. The van der Waals surface area contributed by atoms with Gasteiger partial charge in [0.05, 0.1) is 17.4 Å². The number of amides is 1. The number of nitrogens with zero attached hydrogens (tertiary/aromatic N) is 3. The Morgan fingerprint density at radius 2 is 1.89 bits per heavy atom. The van der Waals surface area contributed by atoms with E-state index >= 15 is 0 Å². The van der Waals surface area contributed by atoms with Crippen molar-refractivity contribution in [2.45, 2.75) is 25.1 Å². The summed E-state index contributed by atoms with van der Waals surface area (Å²) < 4.78 is 42.1. The fraction of sp³-hybridized carbons (Fsp3) is 0.444. The molecule has 1 aromatic carbocycles. The van der Waals surface area contributed by atoms with Gasteiger partial charge in [0.1, 0.15) is 0 Å². The Morgan fingerprint density at radius 1 is 1.19 bits per heavy atom. The average molecular weight is 399 g/mol.